The fourth-order valence-corrected chi connectivity index (χ4v) is 3.65. The van der Waals surface area contributed by atoms with E-state index in [4.69, 9.17) is 4.74 Å². The summed E-state index contributed by atoms with van der Waals surface area (Å²) in [6.07, 6.45) is 2.85. The van der Waals surface area contributed by atoms with Crippen LogP contribution in [0.1, 0.15) is 40.9 Å². The van der Waals surface area contributed by atoms with Crippen LogP contribution in [0.2, 0.25) is 0 Å². The van der Waals surface area contributed by atoms with Crippen molar-refractivity contribution in [2.24, 2.45) is 0 Å². The van der Waals surface area contributed by atoms with Gasteiger partial charge in [0.1, 0.15) is 0 Å². The zero-order valence-corrected chi connectivity index (χ0v) is 17.0. The number of nitrogens with zero attached hydrogens (tertiary/aromatic N) is 4. The standard InChI is InChI=1S/C18H21N5O4S/c1-10(2)27-16(24)14-12(4)6-7-13(5)15(14)22-28(25,26)18-20-17-19-8-11(3)9-23(17)21-18/h6-10,22H,1-5H3. The summed E-state index contributed by atoms with van der Waals surface area (Å²) in [5.74, 6) is -0.444. The second-order valence-electron chi connectivity index (χ2n) is 6.78. The molecule has 1 aromatic carbocycles. The van der Waals surface area contributed by atoms with E-state index >= 15 is 0 Å². The van der Waals surface area contributed by atoms with Gasteiger partial charge in [-0.2, -0.15) is 13.4 Å². The van der Waals surface area contributed by atoms with Gasteiger partial charge in [-0.3, -0.25) is 4.72 Å². The number of ether oxygens (including phenoxy) is 1. The zero-order chi connectivity index (χ0) is 20.6. The maximum atomic E-state index is 12.9. The van der Waals surface area contributed by atoms with Crippen LogP contribution in [0.4, 0.5) is 5.69 Å². The van der Waals surface area contributed by atoms with Gasteiger partial charge in [0.15, 0.2) is 0 Å². The highest BCUT2D eigenvalue weighted by Crippen LogP contribution is 2.27. The first-order valence-corrected chi connectivity index (χ1v) is 10.1. The van der Waals surface area contributed by atoms with Crippen molar-refractivity contribution in [3.05, 3.63) is 46.8 Å². The highest BCUT2D eigenvalue weighted by molar-refractivity contribution is 7.92. The number of esters is 1. The van der Waals surface area contributed by atoms with Crippen LogP contribution in [0.25, 0.3) is 5.78 Å². The number of rotatable bonds is 5. The van der Waals surface area contributed by atoms with Gasteiger partial charge >= 0.3 is 5.97 Å². The number of nitrogens with one attached hydrogen (secondary N) is 1. The van der Waals surface area contributed by atoms with E-state index in [1.165, 1.54) is 4.52 Å². The Hall–Kier alpha value is -3.01. The second-order valence-corrected chi connectivity index (χ2v) is 8.36. The van der Waals surface area contributed by atoms with Crippen LogP contribution in [-0.2, 0) is 14.8 Å². The lowest BCUT2D eigenvalue weighted by atomic mass is 10.0. The van der Waals surface area contributed by atoms with E-state index in [2.05, 4.69) is 19.8 Å². The maximum Gasteiger partial charge on any atom is 0.340 e. The third-order valence-electron chi connectivity index (χ3n) is 3.95. The van der Waals surface area contributed by atoms with Gasteiger partial charge in [-0.05, 0) is 51.3 Å². The summed E-state index contributed by atoms with van der Waals surface area (Å²) >= 11 is 0. The molecule has 0 bridgehead atoms. The molecule has 3 rings (SSSR count). The zero-order valence-electron chi connectivity index (χ0n) is 16.2. The Morgan fingerprint density at radius 2 is 1.86 bits per heavy atom. The Kier molecular flexibility index (Phi) is 5.07. The molecule has 0 unspecified atom stereocenters. The molecule has 9 nitrogen and oxygen atoms in total. The second kappa shape index (κ2) is 7.19. The first-order chi connectivity index (χ1) is 13.1. The molecule has 0 amide bonds. The van der Waals surface area contributed by atoms with Crippen LogP contribution in [0.3, 0.4) is 0 Å². The Morgan fingerprint density at radius 3 is 2.54 bits per heavy atom. The summed E-state index contributed by atoms with van der Waals surface area (Å²) in [5.41, 5.74) is 2.28. The highest BCUT2D eigenvalue weighted by atomic mass is 32.2. The molecule has 0 aliphatic rings. The lowest BCUT2D eigenvalue weighted by molar-refractivity contribution is 0.0378. The molecule has 0 fully saturated rings. The smallest absolute Gasteiger partial charge is 0.340 e. The van der Waals surface area contributed by atoms with Crippen molar-refractivity contribution < 1.29 is 17.9 Å². The molecule has 148 valence electrons. The van der Waals surface area contributed by atoms with Gasteiger partial charge in [0.05, 0.1) is 17.4 Å². The summed E-state index contributed by atoms with van der Waals surface area (Å²) < 4.78 is 34.8. The van der Waals surface area contributed by atoms with Crippen LogP contribution < -0.4 is 4.72 Å². The van der Waals surface area contributed by atoms with E-state index < -0.39 is 21.1 Å². The predicted octanol–water partition coefficient (Wildman–Crippen LogP) is 2.42. The number of carbonyl (C=O) groups excluding carboxylic acids is 1. The predicted molar refractivity (Wildman–Crippen MR) is 103 cm³/mol. The Labute approximate surface area is 162 Å². The third kappa shape index (κ3) is 3.81. The molecule has 0 spiro atoms. The van der Waals surface area contributed by atoms with Gasteiger partial charge in [-0.25, -0.2) is 14.3 Å². The van der Waals surface area contributed by atoms with Gasteiger partial charge in [0.2, 0.25) is 0 Å². The molecule has 0 saturated heterocycles. The summed E-state index contributed by atoms with van der Waals surface area (Å²) in [4.78, 5) is 20.6. The van der Waals surface area contributed by atoms with Crippen LogP contribution in [0.15, 0.2) is 29.7 Å². The van der Waals surface area contributed by atoms with Crippen molar-refractivity contribution >= 4 is 27.5 Å². The molecule has 0 aliphatic heterocycles. The van der Waals surface area contributed by atoms with Crippen molar-refractivity contribution in [3.63, 3.8) is 0 Å². The molecule has 1 N–H and O–H groups in total. The molecular formula is C18H21N5O4S. The van der Waals surface area contributed by atoms with E-state index in [-0.39, 0.29) is 23.1 Å². The number of hydrogen-bond acceptors (Lipinski definition) is 7. The molecule has 0 saturated carbocycles. The fraction of sp³-hybridized carbons (Fsp3) is 0.333. The van der Waals surface area contributed by atoms with Crippen molar-refractivity contribution in [2.45, 2.75) is 45.9 Å². The van der Waals surface area contributed by atoms with E-state index in [0.29, 0.717) is 11.1 Å². The van der Waals surface area contributed by atoms with E-state index in [9.17, 15) is 13.2 Å². The monoisotopic (exact) mass is 403 g/mol. The molecule has 0 aliphatic carbocycles. The van der Waals surface area contributed by atoms with Crippen LogP contribution in [0, 0.1) is 20.8 Å². The minimum Gasteiger partial charge on any atom is -0.459 e. The molecule has 10 heteroatoms. The van der Waals surface area contributed by atoms with Gasteiger partial charge in [-0.15, -0.1) is 5.10 Å². The quantitative estimate of drug-likeness (QED) is 0.650. The first-order valence-electron chi connectivity index (χ1n) is 8.61. The number of hydrogen-bond donors (Lipinski definition) is 1. The summed E-state index contributed by atoms with van der Waals surface area (Å²) in [6.45, 7) is 8.67. The molecule has 28 heavy (non-hydrogen) atoms. The molecular weight excluding hydrogens is 382 g/mol. The average Bonchev–Trinajstić information content (AvgIpc) is 3.01. The highest BCUT2D eigenvalue weighted by Gasteiger charge is 2.26. The normalized spacial score (nSPS) is 11.8. The number of fused-ring (bicyclic) bond motifs is 1. The number of sulfonamides is 1. The molecule has 0 radical (unpaired) electrons. The van der Waals surface area contributed by atoms with Crippen molar-refractivity contribution in [1.82, 2.24) is 19.6 Å². The van der Waals surface area contributed by atoms with Crippen LogP contribution >= 0.6 is 0 Å². The van der Waals surface area contributed by atoms with Crippen molar-refractivity contribution in [1.29, 1.82) is 0 Å². The summed E-state index contributed by atoms with van der Waals surface area (Å²) in [5, 5.41) is 3.56. The summed E-state index contributed by atoms with van der Waals surface area (Å²) in [7, 11) is -4.15. The SMILES string of the molecule is Cc1cnc2nc(S(=O)(=O)Nc3c(C)ccc(C)c3C(=O)OC(C)C)nn2c1. The van der Waals surface area contributed by atoms with Crippen molar-refractivity contribution in [3.8, 4) is 0 Å². The third-order valence-corrected chi connectivity index (χ3v) is 5.08. The first kappa shape index (κ1) is 19.7. The van der Waals surface area contributed by atoms with E-state index in [1.54, 1.807) is 52.2 Å². The number of aryl methyl sites for hydroxylation is 3. The minimum atomic E-state index is -4.15. The lowest BCUT2D eigenvalue weighted by Crippen LogP contribution is -2.20. The molecule has 0 atom stereocenters. The summed E-state index contributed by atoms with van der Waals surface area (Å²) in [6, 6.07) is 3.46. The van der Waals surface area contributed by atoms with Crippen LogP contribution in [0.5, 0.6) is 0 Å². The largest absolute Gasteiger partial charge is 0.459 e. The molecule has 2 aromatic heterocycles. The van der Waals surface area contributed by atoms with Gasteiger partial charge in [0.25, 0.3) is 21.0 Å². The topological polar surface area (TPSA) is 116 Å². The van der Waals surface area contributed by atoms with Crippen LogP contribution in [-0.4, -0.2) is 40.1 Å². The molecule has 3 aromatic rings. The maximum absolute atomic E-state index is 12.9. The number of carbonyl (C=O) groups is 1. The van der Waals surface area contributed by atoms with E-state index in [0.717, 1.165) is 5.56 Å². The molecule has 2 heterocycles. The van der Waals surface area contributed by atoms with Crippen molar-refractivity contribution in [2.75, 3.05) is 4.72 Å². The number of benzene rings is 1. The number of anilines is 1. The number of aromatic nitrogens is 4. The fourth-order valence-electron chi connectivity index (χ4n) is 2.63. The van der Waals surface area contributed by atoms with Gasteiger partial charge in [0, 0.05) is 12.4 Å². The van der Waals surface area contributed by atoms with Gasteiger partial charge < -0.3 is 4.74 Å². The average molecular weight is 403 g/mol. The minimum absolute atomic E-state index is 0.147. The Morgan fingerprint density at radius 1 is 1.18 bits per heavy atom. The van der Waals surface area contributed by atoms with Gasteiger partial charge in [-0.1, -0.05) is 12.1 Å². The Balaban J connectivity index is 2.06. The van der Waals surface area contributed by atoms with E-state index in [1.807, 2.05) is 6.92 Å². The lowest BCUT2D eigenvalue weighted by Gasteiger charge is -2.17. The Bertz CT molecular complexity index is 1170.